The Morgan fingerprint density at radius 2 is 1.96 bits per heavy atom. The molecule has 0 spiro atoms. The van der Waals surface area contributed by atoms with Gasteiger partial charge in [-0.1, -0.05) is 0 Å². The van der Waals surface area contributed by atoms with Crippen LogP contribution in [-0.2, 0) is 14.3 Å². The number of hydrogen-bond acceptors (Lipinski definition) is 3. The van der Waals surface area contributed by atoms with Gasteiger partial charge in [-0.2, -0.15) is 0 Å². The molecule has 0 bridgehead atoms. The first-order valence-corrected chi connectivity index (χ1v) is 7.52. The molecule has 2 rings (SSSR count). The summed E-state index contributed by atoms with van der Waals surface area (Å²) in [4.78, 5) is 25.0. The maximum absolute atomic E-state index is 13.6. The fourth-order valence-electron chi connectivity index (χ4n) is 3.01. The quantitative estimate of drug-likeness (QED) is 0.635. The van der Waals surface area contributed by atoms with Crippen LogP contribution in [0.4, 0.5) is 13.2 Å². The molecule has 1 amide bonds. The van der Waals surface area contributed by atoms with E-state index in [9.17, 15) is 27.9 Å². The first kappa shape index (κ1) is 18.3. The van der Waals surface area contributed by atoms with Crippen LogP contribution < -0.4 is 0 Å². The summed E-state index contributed by atoms with van der Waals surface area (Å²) in [6.45, 7) is 0.530. The second-order valence-electron chi connectivity index (χ2n) is 5.66. The van der Waals surface area contributed by atoms with E-state index in [1.807, 2.05) is 0 Å². The molecule has 0 radical (unpaired) electrons. The minimum Gasteiger partial charge on any atom is -0.481 e. The number of carbonyl (C=O) groups is 2. The van der Waals surface area contributed by atoms with Gasteiger partial charge in [0.15, 0.2) is 17.5 Å². The third-order valence-electron chi connectivity index (χ3n) is 4.12. The van der Waals surface area contributed by atoms with Crippen LogP contribution in [0.5, 0.6) is 0 Å². The molecular formula is C16H18F3NO4. The van der Waals surface area contributed by atoms with Crippen LogP contribution in [-0.4, -0.2) is 42.1 Å². The SMILES string of the molecule is COCCCN1C(=O)CC[C@@H](C(=O)O)[C@H]1c1cc(F)c(F)c(F)c1. The molecule has 1 aliphatic rings. The molecule has 5 nitrogen and oxygen atoms in total. The highest BCUT2D eigenvalue weighted by atomic mass is 19.2. The Morgan fingerprint density at radius 3 is 2.50 bits per heavy atom. The van der Waals surface area contributed by atoms with E-state index < -0.39 is 35.4 Å². The lowest BCUT2D eigenvalue weighted by atomic mass is 9.84. The molecule has 1 heterocycles. The van der Waals surface area contributed by atoms with Crippen LogP contribution in [0.2, 0.25) is 0 Å². The molecule has 1 aliphatic heterocycles. The van der Waals surface area contributed by atoms with Gasteiger partial charge in [-0.05, 0) is 30.5 Å². The summed E-state index contributed by atoms with van der Waals surface area (Å²) < 4.78 is 45.2. The number of methoxy groups -OCH3 is 1. The molecule has 1 saturated heterocycles. The summed E-state index contributed by atoms with van der Waals surface area (Å²) in [6, 6.07) is 0.451. The zero-order chi connectivity index (χ0) is 17.9. The Balaban J connectivity index is 2.43. The van der Waals surface area contributed by atoms with Crippen LogP contribution in [0.25, 0.3) is 0 Å². The van der Waals surface area contributed by atoms with E-state index >= 15 is 0 Å². The average Bonchev–Trinajstić information content (AvgIpc) is 2.53. The molecule has 8 heteroatoms. The van der Waals surface area contributed by atoms with Crippen molar-refractivity contribution in [1.82, 2.24) is 4.90 Å². The Kier molecular flexibility index (Phi) is 5.82. The van der Waals surface area contributed by atoms with E-state index in [2.05, 4.69) is 0 Å². The summed E-state index contributed by atoms with van der Waals surface area (Å²) in [6.07, 6.45) is 0.532. The summed E-state index contributed by atoms with van der Waals surface area (Å²) in [5.41, 5.74) is -0.0655. The van der Waals surface area contributed by atoms with Gasteiger partial charge in [-0.3, -0.25) is 9.59 Å². The normalized spacial score (nSPS) is 21.2. The van der Waals surface area contributed by atoms with Crippen molar-refractivity contribution < 1.29 is 32.6 Å². The predicted octanol–water partition coefficient (Wildman–Crippen LogP) is 2.50. The number of nitrogens with zero attached hydrogens (tertiary/aromatic N) is 1. The van der Waals surface area contributed by atoms with Crippen molar-refractivity contribution in [1.29, 1.82) is 0 Å². The summed E-state index contributed by atoms with van der Waals surface area (Å²) in [5.74, 6) is -6.95. The number of rotatable bonds is 6. The van der Waals surface area contributed by atoms with Gasteiger partial charge in [-0.15, -0.1) is 0 Å². The highest BCUT2D eigenvalue weighted by Gasteiger charge is 2.41. The van der Waals surface area contributed by atoms with Crippen molar-refractivity contribution in [2.45, 2.75) is 25.3 Å². The minimum atomic E-state index is -1.63. The molecule has 1 N–H and O–H groups in total. The summed E-state index contributed by atoms with van der Waals surface area (Å²) in [7, 11) is 1.49. The maximum Gasteiger partial charge on any atom is 0.308 e. The van der Waals surface area contributed by atoms with Crippen LogP contribution in [0, 0.1) is 23.4 Å². The Labute approximate surface area is 137 Å². The number of halogens is 3. The molecule has 0 aliphatic carbocycles. The maximum atomic E-state index is 13.6. The minimum absolute atomic E-state index is 0.0343. The summed E-state index contributed by atoms with van der Waals surface area (Å²) in [5, 5.41) is 9.41. The third-order valence-corrected chi connectivity index (χ3v) is 4.12. The van der Waals surface area contributed by atoms with Gasteiger partial charge in [-0.25, -0.2) is 13.2 Å². The highest BCUT2D eigenvalue weighted by molar-refractivity contribution is 5.81. The number of carboxylic acids is 1. The van der Waals surface area contributed by atoms with Gasteiger partial charge in [0.2, 0.25) is 5.91 Å². The second-order valence-corrected chi connectivity index (χ2v) is 5.66. The topological polar surface area (TPSA) is 66.8 Å². The van der Waals surface area contributed by atoms with E-state index in [1.165, 1.54) is 12.0 Å². The standard InChI is InChI=1S/C16H18F3NO4/c1-24-6-2-5-20-13(21)4-3-10(16(22)23)15(20)9-7-11(17)14(19)12(18)8-9/h7-8,10,15H,2-6H2,1H3,(H,22,23)/t10-,15-/m1/s1. The molecule has 1 fully saturated rings. The van der Waals surface area contributed by atoms with Crippen molar-refractivity contribution in [3.63, 3.8) is 0 Å². The molecule has 2 atom stereocenters. The van der Waals surface area contributed by atoms with Crippen molar-refractivity contribution in [3.8, 4) is 0 Å². The summed E-state index contributed by atoms with van der Waals surface area (Å²) >= 11 is 0. The molecule has 1 aromatic carbocycles. The van der Waals surface area contributed by atoms with Gasteiger partial charge in [0.1, 0.15) is 0 Å². The van der Waals surface area contributed by atoms with Gasteiger partial charge < -0.3 is 14.7 Å². The first-order valence-electron chi connectivity index (χ1n) is 7.52. The lowest BCUT2D eigenvalue weighted by Gasteiger charge is -2.40. The van der Waals surface area contributed by atoms with Crippen LogP contribution in [0.3, 0.4) is 0 Å². The number of aliphatic carboxylic acids is 1. The lowest BCUT2D eigenvalue weighted by Crippen LogP contribution is -2.46. The van der Waals surface area contributed by atoms with Crippen molar-refractivity contribution in [3.05, 3.63) is 35.1 Å². The number of carboxylic acid groups (broad SMARTS) is 1. The number of benzene rings is 1. The van der Waals surface area contributed by atoms with Crippen molar-refractivity contribution in [2.24, 2.45) is 5.92 Å². The molecule has 0 saturated carbocycles. The number of hydrogen-bond donors (Lipinski definition) is 1. The van der Waals surface area contributed by atoms with Crippen LogP contribution >= 0.6 is 0 Å². The first-order chi connectivity index (χ1) is 11.4. The number of amides is 1. The van der Waals surface area contributed by atoms with E-state index in [-0.39, 0.29) is 30.9 Å². The van der Waals surface area contributed by atoms with E-state index in [1.54, 1.807) is 0 Å². The molecular weight excluding hydrogens is 327 g/mol. The Hall–Kier alpha value is -2.09. The second kappa shape index (κ2) is 7.65. The molecule has 132 valence electrons. The van der Waals surface area contributed by atoms with Gasteiger partial charge in [0.05, 0.1) is 12.0 Å². The highest BCUT2D eigenvalue weighted by Crippen LogP contribution is 2.38. The van der Waals surface area contributed by atoms with E-state index in [0.29, 0.717) is 13.0 Å². The monoisotopic (exact) mass is 345 g/mol. The van der Waals surface area contributed by atoms with Crippen molar-refractivity contribution >= 4 is 11.9 Å². The largest absolute Gasteiger partial charge is 0.481 e. The van der Waals surface area contributed by atoms with E-state index in [4.69, 9.17) is 4.74 Å². The number of carbonyl (C=O) groups excluding carboxylic acids is 1. The number of ether oxygens (including phenoxy) is 1. The predicted molar refractivity (Wildman–Crippen MR) is 77.6 cm³/mol. The van der Waals surface area contributed by atoms with Crippen LogP contribution in [0.15, 0.2) is 12.1 Å². The van der Waals surface area contributed by atoms with Gasteiger partial charge in [0, 0.05) is 26.7 Å². The number of piperidine rings is 1. The zero-order valence-electron chi connectivity index (χ0n) is 13.1. The zero-order valence-corrected chi connectivity index (χ0v) is 13.1. The van der Waals surface area contributed by atoms with E-state index in [0.717, 1.165) is 12.1 Å². The van der Waals surface area contributed by atoms with Crippen molar-refractivity contribution in [2.75, 3.05) is 20.3 Å². The van der Waals surface area contributed by atoms with Gasteiger partial charge >= 0.3 is 5.97 Å². The molecule has 0 aromatic heterocycles. The molecule has 1 aromatic rings. The fraction of sp³-hybridized carbons (Fsp3) is 0.500. The molecule has 0 unspecified atom stereocenters. The smallest absolute Gasteiger partial charge is 0.308 e. The number of likely N-dealkylation sites (tertiary alicyclic amines) is 1. The Morgan fingerprint density at radius 1 is 1.33 bits per heavy atom. The lowest BCUT2D eigenvalue weighted by molar-refractivity contribution is -0.152. The molecule has 24 heavy (non-hydrogen) atoms. The Bertz CT molecular complexity index is 615. The van der Waals surface area contributed by atoms with Crippen LogP contribution in [0.1, 0.15) is 30.9 Å². The average molecular weight is 345 g/mol. The third kappa shape index (κ3) is 3.69. The van der Waals surface area contributed by atoms with Gasteiger partial charge in [0.25, 0.3) is 0 Å². The fourth-order valence-corrected chi connectivity index (χ4v) is 3.01.